The zero-order valence-corrected chi connectivity index (χ0v) is 60.5. The van der Waals surface area contributed by atoms with Gasteiger partial charge in [0.2, 0.25) is 24.4 Å². The van der Waals surface area contributed by atoms with Gasteiger partial charge < -0.3 is 57.2 Å². The summed E-state index contributed by atoms with van der Waals surface area (Å²) in [5, 5.41) is 36.8. The molecule has 0 spiro atoms. The summed E-state index contributed by atoms with van der Waals surface area (Å²) >= 11 is 23.8. The van der Waals surface area contributed by atoms with Crippen molar-refractivity contribution in [2.75, 3.05) is 52.9 Å². The summed E-state index contributed by atoms with van der Waals surface area (Å²) in [5.74, 6) is -5.05. The molecular formula is C68H60Cl4F12N4O24. The van der Waals surface area contributed by atoms with Gasteiger partial charge in [0, 0.05) is 37.3 Å². The average Bonchev–Trinajstić information content (AvgIpc) is 0.799. The Kier molecular flexibility index (Phi) is 33.4. The molecule has 4 aliphatic rings. The van der Waals surface area contributed by atoms with Crippen molar-refractivity contribution in [2.24, 2.45) is 0 Å². The summed E-state index contributed by atoms with van der Waals surface area (Å²) < 4.78 is 200. The summed E-state index contributed by atoms with van der Waals surface area (Å²) in [6, 6.07) is 23.3. The van der Waals surface area contributed by atoms with Gasteiger partial charge in [-0.25, -0.2) is 19.2 Å². The van der Waals surface area contributed by atoms with E-state index in [0.717, 1.165) is 35.4 Å². The van der Waals surface area contributed by atoms with Gasteiger partial charge in [0.15, 0.2) is 0 Å². The van der Waals surface area contributed by atoms with Crippen LogP contribution in [0.3, 0.4) is 0 Å². The number of halogens is 16. The van der Waals surface area contributed by atoms with Crippen LogP contribution in [0.4, 0.5) is 52.7 Å². The molecule has 608 valence electrons. The number of benzene rings is 5. The molecule has 0 saturated carbocycles. The highest BCUT2D eigenvalue weighted by atomic mass is 35.5. The summed E-state index contributed by atoms with van der Waals surface area (Å²) in [4.78, 5) is 105. The number of carbonyl (C=O) groups is 4. The molecule has 0 radical (unpaired) electrons. The van der Waals surface area contributed by atoms with Crippen molar-refractivity contribution in [2.45, 2.75) is 114 Å². The maximum atomic E-state index is 13.7. The minimum Gasteiger partial charge on any atom is -0.475 e. The van der Waals surface area contributed by atoms with Gasteiger partial charge in [-0.2, -0.15) is 52.7 Å². The van der Waals surface area contributed by atoms with Crippen molar-refractivity contribution in [3.05, 3.63) is 213 Å². The van der Waals surface area contributed by atoms with Gasteiger partial charge in [0.25, 0.3) is 20.3 Å². The zero-order chi connectivity index (χ0) is 82.8. The lowest BCUT2D eigenvalue weighted by Gasteiger charge is -2.28. The van der Waals surface area contributed by atoms with E-state index in [2.05, 4.69) is 19.4 Å². The second-order valence-electron chi connectivity index (χ2n) is 23.3. The fourth-order valence-electron chi connectivity index (χ4n) is 9.94. The molecule has 112 heavy (non-hydrogen) atoms. The Morgan fingerprint density at radius 2 is 0.714 bits per heavy atom. The number of unbranched alkanes of at least 4 members (excludes halogenated alkanes) is 4. The van der Waals surface area contributed by atoms with E-state index in [9.17, 15) is 112 Å². The van der Waals surface area contributed by atoms with E-state index in [-0.39, 0.29) is 159 Å². The van der Waals surface area contributed by atoms with Crippen molar-refractivity contribution in [1.82, 2.24) is 0 Å². The lowest BCUT2D eigenvalue weighted by molar-refractivity contribution is -0.757. The molecule has 28 nitrogen and oxygen atoms in total. The summed E-state index contributed by atoms with van der Waals surface area (Å²) in [6.45, 7) is 0.0599. The minimum absolute atomic E-state index is 0.0337. The first kappa shape index (κ1) is 90.1. The van der Waals surface area contributed by atoms with Crippen LogP contribution in [-0.4, -0.2) is 146 Å². The largest absolute Gasteiger partial charge is 0.475 e. The molecule has 0 amide bonds. The predicted octanol–water partition coefficient (Wildman–Crippen LogP) is 16.2. The number of alkyl halides is 12. The molecule has 44 heteroatoms. The molecule has 0 aromatic heterocycles. The number of rotatable bonds is 30. The molecule has 4 heterocycles. The highest BCUT2D eigenvalue weighted by molar-refractivity contribution is 6.36. The first-order valence-corrected chi connectivity index (χ1v) is 34.0. The number of carbonyl (C=O) groups excluding carboxylic acids is 4. The average molecular weight is 1690 g/mol. The first-order valence-electron chi connectivity index (χ1n) is 32.4. The quantitative estimate of drug-likeness (QED) is 0.0103. The second kappa shape index (κ2) is 41.5. The van der Waals surface area contributed by atoms with Crippen LogP contribution in [0.25, 0.3) is 24.3 Å². The number of fused-ring (bicyclic) bond motifs is 4. The Bertz CT molecular complexity index is 4200. The molecule has 9 rings (SSSR count). The van der Waals surface area contributed by atoms with Crippen molar-refractivity contribution < 1.29 is 149 Å². The Labute approximate surface area is 643 Å². The van der Waals surface area contributed by atoms with E-state index in [1.165, 1.54) is 48.5 Å². The fourth-order valence-corrected chi connectivity index (χ4v) is 10.9. The van der Waals surface area contributed by atoms with Crippen molar-refractivity contribution in [3.8, 4) is 23.0 Å². The van der Waals surface area contributed by atoms with Crippen LogP contribution in [0.5, 0.6) is 23.0 Å². The van der Waals surface area contributed by atoms with E-state index >= 15 is 0 Å². The molecule has 0 unspecified atom stereocenters. The van der Waals surface area contributed by atoms with Crippen LogP contribution in [0.1, 0.15) is 90.3 Å². The Morgan fingerprint density at radius 1 is 0.384 bits per heavy atom. The molecule has 0 fully saturated rings. The standard InChI is InChI=1S/C22H19ClF3NO6.C16H16F3NO6.C15H12Cl2F3NO6.C15H13ClF3NO6/c23-18-12-16-11-17(21(28)31-8-4-5-9-32-27(29)30)20(22(24,25)26)33-19(16)13-15(18)10-14-6-2-1-3-7-14;1-10-4-5-13-11(8-10)9-12(14(26-13)16(17,18)19)15(21)24-6-2-3-7-25-20(22)23;16-9-5-8-6-10(14(22)25-3-1-2-4-26-21(23)24)13(15(18,19)20)27-12(8)11(17)7-9;16-10-3-4-12-9(7-10)8-11(13(26-12)15(17,18)19)14(21)24-5-1-2-6-25-20(22)23/h1-3,6-7,11-13,20H,4-5,8-10H2;4-5,8-9,14H,2-3,6-7H2,1H3;5-7,13H,1-4H2;3-4,7-8,13H,1-2,5-6H2/t20-;14-;2*13-/m1000/s1. The van der Waals surface area contributed by atoms with Gasteiger partial charge in [-0.3, -0.25) is 0 Å². The van der Waals surface area contributed by atoms with Crippen LogP contribution in [0, 0.1) is 47.4 Å². The maximum Gasteiger partial charge on any atom is 0.430 e. The smallest absolute Gasteiger partial charge is 0.430 e. The van der Waals surface area contributed by atoms with Crippen molar-refractivity contribution in [3.63, 3.8) is 0 Å². The molecule has 0 saturated heterocycles. The zero-order valence-electron chi connectivity index (χ0n) is 57.4. The topological polar surface area (TPSA) is 352 Å². The number of aryl methyl sites for hydroxylation is 1. The van der Waals surface area contributed by atoms with E-state index in [0.29, 0.717) is 22.6 Å². The van der Waals surface area contributed by atoms with Gasteiger partial charge >= 0.3 is 48.6 Å². The maximum absolute atomic E-state index is 13.7. The van der Waals surface area contributed by atoms with E-state index in [1.54, 1.807) is 19.1 Å². The monoisotopic (exact) mass is 1680 g/mol. The lowest BCUT2D eigenvalue weighted by atomic mass is 9.97. The summed E-state index contributed by atoms with van der Waals surface area (Å²) in [6.07, 6.45) is -23.2. The lowest BCUT2D eigenvalue weighted by Crippen LogP contribution is -2.41. The van der Waals surface area contributed by atoms with E-state index in [1.807, 2.05) is 30.3 Å². The number of ether oxygens (including phenoxy) is 8. The van der Waals surface area contributed by atoms with Gasteiger partial charge in [0.1, 0.15) is 23.0 Å². The highest BCUT2D eigenvalue weighted by Gasteiger charge is 2.52. The molecule has 4 atom stereocenters. The molecule has 0 N–H and O–H groups in total. The predicted molar refractivity (Wildman–Crippen MR) is 366 cm³/mol. The van der Waals surface area contributed by atoms with Crippen molar-refractivity contribution >= 4 is 94.6 Å². The van der Waals surface area contributed by atoms with Gasteiger partial charge in [-0.15, -0.1) is 40.5 Å². The van der Waals surface area contributed by atoms with Gasteiger partial charge in [-0.05, 0) is 155 Å². The number of hydrogen-bond donors (Lipinski definition) is 0. The third-order valence-corrected chi connectivity index (χ3v) is 16.0. The number of hydrogen-bond acceptors (Lipinski definition) is 24. The molecular weight excluding hydrogens is 1630 g/mol. The fraction of sp³-hybridized carbons (Fsp3) is 0.382. The molecule has 0 aliphatic carbocycles. The third kappa shape index (κ3) is 28.5. The molecule has 5 aromatic rings. The molecule has 5 aromatic carbocycles. The normalized spacial score (nSPS) is 15.8. The van der Waals surface area contributed by atoms with Crippen molar-refractivity contribution in [1.29, 1.82) is 0 Å². The Morgan fingerprint density at radius 3 is 1.10 bits per heavy atom. The summed E-state index contributed by atoms with van der Waals surface area (Å²) in [7, 11) is 0. The number of esters is 4. The summed E-state index contributed by atoms with van der Waals surface area (Å²) in [5.41, 5.74) is 0.422. The SMILES string of the molecule is Cc1ccc2c(c1)C=C(C(=O)OCCCCO[N+](=O)[O-])[C@@H](C(F)(F)F)O2.O=C(OCCCCO[N+](=O)[O-])C1=Cc2cc(Cl)c(Cc3ccccc3)cc2O[C@H]1C(F)(F)F.O=C(OCCCCO[N+](=O)[O-])C1=Cc2cc(Cl)cc(Cl)c2O[C@@H]1C(F)(F)F.O=C(OCCCCO[N+](=O)[O-])C1=Cc2cc(Cl)ccc2O[C@@H]1C(F)(F)F. The van der Waals surface area contributed by atoms with E-state index in [4.69, 9.17) is 84.3 Å². The van der Waals surface area contributed by atoms with E-state index < -0.39 is 116 Å². The Balaban J connectivity index is 0.000000234. The van der Waals surface area contributed by atoms with Crippen LogP contribution < -0.4 is 18.9 Å². The minimum atomic E-state index is -4.88. The van der Waals surface area contributed by atoms with Gasteiger partial charge in [0.05, 0.1) is 80.2 Å². The van der Waals surface area contributed by atoms with Gasteiger partial charge in [-0.1, -0.05) is 88.4 Å². The van der Waals surface area contributed by atoms with Crippen LogP contribution in [-0.2, 0) is 63.9 Å². The second-order valence-corrected chi connectivity index (χ2v) is 25.0. The van der Waals surface area contributed by atoms with Crippen LogP contribution >= 0.6 is 46.4 Å². The molecule has 4 aliphatic heterocycles. The van der Waals surface area contributed by atoms with Crippen LogP contribution in [0.2, 0.25) is 20.1 Å². The number of nitrogens with zero attached hydrogens (tertiary/aromatic N) is 4. The highest BCUT2D eigenvalue weighted by Crippen LogP contribution is 2.45. The first-order chi connectivity index (χ1) is 52.6. The Hall–Kier alpha value is -10.7. The third-order valence-electron chi connectivity index (χ3n) is 14.9. The molecule has 0 bridgehead atoms. The van der Waals surface area contributed by atoms with Crippen LogP contribution in [0.15, 0.2) is 113 Å².